The van der Waals surface area contributed by atoms with E-state index >= 15 is 0 Å². The monoisotopic (exact) mass is 489 g/mol. The van der Waals surface area contributed by atoms with Gasteiger partial charge in [0.25, 0.3) is 0 Å². The van der Waals surface area contributed by atoms with E-state index in [9.17, 15) is 13.2 Å². The molecular formula is C25H30F3N5O2. The molecule has 3 heterocycles. The van der Waals surface area contributed by atoms with Gasteiger partial charge in [-0.15, -0.1) is 0 Å². The van der Waals surface area contributed by atoms with Crippen molar-refractivity contribution in [1.29, 1.82) is 0 Å². The first-order valence-corrected chi connectivity index (χ1v) is 11.6. The minimum atomic E-state index is -4.42. The number of rotatable bonds is 7. The van der Waals surface area contributed by atoms with Gasteiger partial charge < -0.3 is 14.6 Å². The number of hydrogen-bond donors (Lipinski definition) is 1. The molecule has 0 radical (unpaired) electrons. The standard InChI is InChI=1S/C25H30F3N5O2/c1-16(20-12-30-23(31-13-20)34-15-25(26,27)28)33-8-7-18-6-5-17(9-19(18)14-33)11-29-22-10-21(35-32-22)24(2,3)4/h5-6,9-10,12-13,16H,7-8,11,14-15H2,1-4H3,(H,29,32)/t16-/m1/s1. The summed E-state index contributed by atoms with van der Waals surface area (Å²) in [6.07, 6.45) is -0.444. The van der Waals surface area contributed by atoms with Crippen LogP contribution >= 0.6 is 0 Å². The van der Waals surface area contributed by atoms with Crippen molar-refractivity contribution in [2.24, 2.45) is 0 Å². The number of anilines is 1. The van der Waals surface area contributed by atoms with Crippen molar-refractivity contribution in [2.45, 2.75) is 64.8 Å². The molecule has 1 aromatic carbocycles. The highest BCUT2D eigenvalue weighted by molar-refractivity contribution is 5.39. The van der Waals surface area contributed by atoms with Gasteiger partial charge in [0, 0.05) is 55.1 Å². The summed E-state index contributed by atoms with van der Waals surface area (Å²) in [6, 6.07) is 8.17. The fourth-order valence-electron chi connectivity index (χ4n) is 3.95. The Balaban J connectivity index is 1.37. The topological polar surface area (TPSA) is 76.3 Å². The maximum Gasteiger partial charge on any atom is 0.422 e. The van der Waals surface area contributed by atoms with Crippen LogP contribution in [0.1, 0.15) is 61.8 Å². The fraction of sp³-hybridized carbons (Fsp3) is 0.480. The lowest BCUT2D eigenvalue weighted by Crippen LogP contribution is -2.33. The predicted molar refractivity (Wildman–Crippen MR) is 125 cm³/mol. The third-order valence-corrected chi connectivity index (χ3v) is 6.08. The molecule has 10 heteroatoms. The number of ether oxygens (including phenoxy) is 1. The number of halogens is 3. The average Bonchev–Trinajstić information content (AvgIpc) is 3.30. The summed E-state index contributed by atoms with van der Waals surface area (Å²) in [7, 11) is 0. The number of nitrogens with zero attached hydrogens (tertiary/aromatic N) is 4. The van der Waals surface area contributed by atoms with Crippen molar-refractivity contribution in [3.8, 4) is 6.01 Å². The lowest BCUT2D eigenvalue weighted by molar-refractivity contribution is -0.154. The fourth-order valence-corrected chi connectivity index (χ4v) is 3.95. The van der Waals surface area contributed by atoms with Gasteiger partial charge in [-0.25, -0.2) is 9.97 Å². The van der Waals surface area contributed by atoms with Crippen molar-refractivity contribution in [1.82, 2.24) is 20.0 Å². The van der Waals surface area contributed by atoms with Crippen LogP contribution in [0.4, 0.5) is 19.0 Å². The Morgan fingerprint density at radius 1 is 1.11 bits per heavy atom. The van der Waals surface area contributed by atoms with Crippen LogP contribution in [0.5, 0.6) is 6.01 Å². The van der Waals surface area contributed by atoms with E-state index in [-0.39, 0.29) is 17.5 Å². The van der Waals surface area contributed by atoms with Crippen LogP contribution in [0.2, 0.25) is 0 Å². The van der Waals surface area contributed by atoms with Crippen LogP contribution in [0.3, 0.4) is 0 Å². The minimum Gasteiger partial charge on any atom is -0.454 e. The highest BCUT2D eigenvalue weighted by atomic mass is 19.4. The van der Waals surface area contributed by atoms with Crippen molar-refractivity contribution in [2.75, 3.05) is 18.5 Å². The highest BCUT2D eigenvalue weighted by Crippen LogP contribution is 2.29. The smallest absolute Gasteiger partial charge is 0.422 e. The van der Waals surface area contributed by atoms with Gasteiger partial charge in [-0.2, -0.15) is 13.2 Å². The number of benzene rings is 1. The van der Waals surface area contributed by atoms with Crippen molar-refractivity contribution in [3.63, 3.8) is 0 Å². The summed E-state index contributed by atoms with van der Waals surface area (Å²) in [4.78, 5) is 10.2. The Hall–Kier alpha value is -3.14. The van der Waals surface area contributed by atoms with Crippen LogP contribution in [0, 0.1) is 0 Å². The van der Waals surface area contributed by atoms with Crippen LogP contribution in [-0.4, -0.2) is 39.4 Å². The number of alkyl halides is 3. The SMILES string of the molecule is C[C@H](c1cnc(OCC(F)(F)F)nc1)N1CCc2ccc(CNc3cc(C(C)(C)C)on3)cc2C1. The molecule has 3 aromatic rings. The molecule has 0 fully saturated rings. The third kappa shape index (κ3) is 6.50. The number of hydrogen-bond acceptors (Lipinski definition) is 7. The third-order valence-electron chi connectivity index (χ3n) is 6.08. The summed E-state index contributed by atoms with van der Waals surface area (Å²) in [5.74, 6) is 1.55. The van der Waals surface area contributed by atoms with Crippen molar-refractivity contribution >= 4 is 5.82 Å². The van der Waals surface area contributed by atoms with Gasteiger partial charge in [-0.05, 0) is 30.0 Å². The summed E-state index contributed by atoms with van der Waals surface area (Å²) < 4.78 is 47.0. The largest absolute Gasteiger partial charge is 0.454 e. The normalized spacial score (nSPS) is 15.5. The predicted octanol–water partition coefficient (Wildman–Crippen LogP) is 5.43. The van der Waals surface area contributed by atoms with E-state index in [0.717, 1.165) is 36.4 Å². The zero-order valence-corrected chi connectivity index (χ0v) is 20.3. The first-order valence-electron chi connectivity index (χ1n) is 11.6. The van der Waals surface area contributed by atoms with Gasteiger partial charge in [-0.3, -0.25) is 4.90 Å². The van der Waals surface area contributed by atoms with E-state index in [0.29, 0.717) is 12.4 Å². The number of fused-ring (bicyclic) bond motifs is 1. The van der Waals surface area contributed by atoms with Crippen LogP contribution in [0.15, 0.2) is 41.2 Å². The van der Waals surface area contributed by atoms with E-state index in [2.05, 4.69) is 69.0 Å². The molecule has 0 bridgehead atoms. The van der Waals surface area contributed by atoms with Crippen LogP contribution < -0.4 is 10.1 Å². The average molecular weight is 490 g/mol. The van der Waals surface area contributed by atoms with E-state index in [1.807, 2.05) is 13.0 Å². The summed E-state index contributed by atoms with van der Waals surface area (Å²) >= 11 is 0. The molecule has 0 saturated carbocycles. The molecule has 1 aliphatic rings. The zero-order chi connectivity index (χ0) is 25.2. The first-order chi connectivity index (χ1) is 16.5. The Labute approximate surface area is 202 Å². The van der Waals surface area contributed by atoms with Gasteiger partial charge in [0.15, 0.2) is 12.4 Å². The molecule has 4 rings (SSSR count). The zero-order valence-electron chi connectivity index (χ0n) is 20.3. The maximum absolute atomic E-state index is 12.3. The molecule has 35 heavy (non-hydrogen) atoms. The van der Waals surface area contributed by atoms with E-state index < -0.39 is 12.8 Å². The first kappa shape index (κ1) is 25.0. The number of aromatic nitrogens is 3. The second-order valence-corrected chi connectivity index (χ2v) is 9.88. The Bertz CT molecular complexity index is 1140. The van der Waals surface area contributed by atoms with E-state index in [4.69, 9.17) is 4.52 Å². The molecule has 7 nitrogen and oxygen atoms in total. The van der Waals surface area contributed by atoms with Crippen molar-refractivity contribution < 1.29 is 22.4 Å². The maximum atomic E-state index is 12.3. The van der Waals surface area contributed by atoms with Gasteiger partial charge in [0.05, 0.1) is 0 Å². The Morgan fingerprint density at radius 2 is 1.86 bits per heavy atom. The van der Waals surface area contributed by atoms with Gasteiger partial charge in [0.2, 0.25) is 0 Å². The molecule has 0 aliphatic carbocycles. The molecule has 0 spiro atoms. The molecule has 0 amide bonds. The Kier molecular flexibility index (Phi) is 7.02. The minimum absolute atomic E-state index is 0.00699. The van der Waals surface area contributed by atoms with Crippen molar-refractivity contribution in [3.05, 3.63) is 64.7 Å². The van der Waals surface area contributed by atoms with Gasteiger partial charge >= 0.3 is 12.2 Å². The lowest BCUT2D eigenvalue weighted by Gasteiger charge is -2.34. The molecule has 1 atom stereocenters. The van der Waals surface area contributed by atoms with Crippen LogP contribution in [-0.2, 0) is 24.9 Å². The number of nitrogens with one attached hydrogen (secondary N) is 1. The second kappa shape index (κ2) is 9.85. The Morgan fingerprint density at radius 3 is 2.51 bits per heavy atom. The molecule has 2 aromatic heterocycles. The molecule has 0 unspecified atom stereocenters. The molecule has 1 aliphatic heterocycles. The molecule has 188 valence electrons. The summed E-state index contributed by atoms with van der Waals surface area (Å²) in [5, 5.41) is 7.44. The quantitative estimate of drug-likeness (QED) is 0.474. The van der Waals surface area contributed by atoms with E-state index in [1.165, 1.54) is 23.5 Å². The molecule has 0 saturated heterocycles. The molecule has 1 N–H and O–H groups in total. The van der Waals surface area contributed by atoms with Gasteiger partial charge in [0.1, 0.15) is 5.76 Å². The summed E-state index contributed by atoms with van der Waals surface area (Å²) in [6.45, 7) is 9.13. The van der Waals surface area contributed by atoms with Gasteiger partial charge in [-0.1, -0.05) is 44.1 Å². The van der Waals surface area contributed by atoms with Crippen LogP contribution in [0.25, 0.3) is 0 Å². The van der Waals surface area contributed by atoms with E-state index in [1.54, 1.807) is 0 Å². The summed E-state index contributed by atoms with van der Waals surface area (Å²) in [5.41, 5.74) is 4.45. The lowest BCUT2D eigenvalue weighted by atomic mass is 9.93. The second-order valence-electron chi connectivity index (χ2n) is 9.88. The highest BCUT2D eigenvalue weighted by Gasteiger charge is 2.29. The molecular weight excluding hydrogens is 459 g/mol.